The molecule has 112 valence electrons. The summed E-state index contributed by atoms with van der Waals surface area (Å²) in [6.07, 6.45) is 3.64. The van der Waals surface area contributed by atoms with Crippen LogP contribution in [0.2, 0.25) is 5.02 Å². The summed E-state index contributed by atoms with van der Waals surface area (Å²) >= 11 is 6.16. The van der Waals surface area contributed by atoms with Crippen LogP contribution in [-0.2, 0) is 0 Å². The number of nitrogens with one attached hydrogen (secondary N) is 1. The lowest BCUT2D eigenvalue weighted by Crippen LogP contribution is -2.22. The smallest absolute Gasteiger partial charge is 0.254 e. The molecule has 0 aliphatic rings. The Morgan fingerprint density at radius 3 is 2.55 bits per heavy atom. The molecule has 1 aromatic rings. The van der Waals surface area contributed by atoms with Gasteiger partial charge in [0.1, 0.15) is 0 Å². The van der Waals surface area contributed by atoms with Crippen LogP contribution in [0.1, 0.15) is 43.5 Å². The monoisotopic (exact) mass is 296 g/mol. The number of hydrogen-bond acceptors (Lipinski definition) is 2. The quantitative estimate of drug-likeness (QED) is 0.762. The molecule has 0 aromatic heterocycles. The first kappa shape index (κ1) is 16.8. The minimum absolute atomic E-state index is 0.0708. The molecule has 0 saturated heterocycles. The Labute approximate surface area is 127 Å². The van der Waals surface area contributed by atoms with E-state index in [9.17, 15) is 4.79 Å². The van der Waals surface area contributed by atoms with Gasteiger partial charge in [0.15, 0.2) is 0 Å². The predicted octanol–water partition coefficient (Wildman–Crippen LogP) is 4.28. The number of rotatable bonds is 7. The zero-order valence-corrected chi connectivity index (χ0v) is 13.6. The van der Waals surface area contributed by atoms with Gasteiger partial charge in [-0.15, -0.1) is 0 Å². The number of hydrogen-bond donors (Lipinski definition) is 1. The standard InChI is InChI=1S/C16H25ClN2O/c1-12(2)7-5-6-10-18-13-8-9-14(15(17)11-13)16(20)19(3)4/h8-9,11-12,18H,5-7,10H2,1-4H3. The van der Waals surface area contributed by atoms with Gasteiger partial charge in [0.2, 0.25) is 0 Å². The van der Waals surface area contributed by atoms with Crippen molar-refractivity contribution in [1.29, 1.82) is 0 Å². The largest absolute Gasteiger partial charge is 0.385 e. The Morgan fingerprint density at radius 1 is 1.30 bits per heavy atom. The van der Waals surface area contributed by atoms with Crippen molar-refractivity contribution < 1.29 is 4.79 Å². The number of nitrogens with zero attached hydrogens (tertiary/aromatic N) is 1. The minimum Gasteiger partial charge on any atom is -0.385 e. The lowest BCUT2D eigenvalue weighted by Gasteiger charge is -2.13. The van der Waals surface area contributed by atoms with Crippen molar-refractivity contribution in [2.45, 2.75) is 33.1 Å². The second-order valence-electron chi connectivity index (χ2n) is 5.71. The van der Waals surface area contributed by atoms with Gasteiger partial charge in [0.25, 0.3) is 5.91 Å². The van der Waals surface area contributed by atoms with Crippen LogP contribution in [-0.4, -0.2) is 31.4 Å². The van der Waals surface area contributed by atoms with Crippen molar-refractivity contribution in [1.82, 2.24) is 4.90 Å². The second kappa shape index (κ2) is 8.15. The lowest BCUT2D eigenvalue weighted by molar-refractivity contribution is 0.0828. The van der Waals surface area contributed by atoms with Gasteiger partial charge in [0, 0.05) is 26.3 Å². The van der Waals surface area contributed by atoms with Crippen molar-refractivity contribution in [2.75, 3.05) is 26.0 Å². The molecular weight excluding hydrogens is 272 g/mol. The summed E-state index contributed by atoms with van der Waals surface area (Å²) in [7, 11) is 3.44. The van der Waals surface area contributed by atoms with E-state index in [1.165, 1.54) is 17.7 Å². The summed E-state index contributed by atoms with van der Waals surface area (Å²) in [5, 5.41) is 3.84. The first-order valence-corrected chi connectivity index (χ1v) is 7.54. The number of anilines is 1. The number of carbonyl (C=O) groups excluding carboxylic acids is 1. The zero-order valence-electron chi connectivity index (χ0n) is 12.9. The van der Waals surface area contributed by atoms with E-state index in [1.54, 1.807) is 20.2 Å². The normalized spacial score (nSPS) is 10.7. The molecule has 4 heteroatoms. The Kier molecular flexibility index (Phi) is 6.86. The number of halogens is 1. The van der Waals surface area contributed by atoms with Crippen molar-refractivity contribution in [3.63, 3.8) is 0 Å². The molecule has 0 atom stereocenters. The van der Waals surface area contributed by atoms with E-state index in [0.29, 0.717) is 10.6 Å². The highest BCUT2D eigenvalue weighted by molar-refractivity contribution is 6.34. The molecule has 0 bridgehead atoms. The first-order chi connectivity index (χ1) is 9.41. The van der Waals surface area contributed by atoms with Gasteiger partial charge in [-0.05, 0) is 30.5 Å². The van der Waals surface area contributed by atoms with Gasteiger partial charge in [-0.2, -0.15) is 0 Å². The van der Waals surface area contributed by atoms with E-state index in [-0.39, 0.29) is 5.91 Å². The molecule has 1 rings (SSSR count). The van der Waals surface area contributed by atoms with Gasteiger partial charge in [-0.25, -0.2) is 0 Å². The third kappa shape index (κ3) is 5.41. The van der Waals surface area contributed by atoms with Crippen LogP contribution in [0, 0.1) is 5.92 Å². The molecule has 1 N–H and O–H groups in total. The Morgan fingerprint density at radius 2 is 2.00 bits per heavy atom. The lowest BCUT2D eigenvalue weighted by atomic mass is 10.1. The van der Waals surface area contributed by atoms with Crippen molar-refractivity contribution in [3.05, 3.63) is 28.8 Å². The SMILES string of the molecule is CC(C)CCCCNc1ccc(C(=O)N(C)C)c(Cl)c1. The molecule has 1 amide bonds. The molecule has 1 aromatic carbocycles. The van der Waals surface area contributed by atoms with Crippen molar-refractivity contribution in [3.8, 4) is 0 Å². The molecule has 3 nitrogen and oxygen atoms in total. The second-order valence-corrected chi connectivity index (χ2v) is 6.12. The fraction of sp³-hybridized carbons (Fsp3) is 0.562. The number of carbonyl (C=O) groups is 1. The molecule has 0 fully saturated rings. The van der Waals surface area contributed by atoms with E-state index in [1.807, 2.05) is 12.1 Å². The Bertz CT molecular complexity index is 444. The fourth-order valence-electron chi connectivity index (χ4n) is 1.95. The highest BCUT2D eigenvalue weighted by atomic mass is 35.5. The summed E-state index contributed by atoms with van der Waals surface area (Å²) in [5.74, 6) is 0.694. The molecule has 0 aliphatic carbocycles. The van der Waals surface area contributed by atoms with Crippen LogP contribution in [0.15, 0.2) is 18.2 Å². The molecular formula is C16H25ClN2O. The number of benzene rings is 1. The van der Waals surface area contributed by atoms with Gasteiger partial charge in [-0.3, -0.25) is 4.79 Å². The van der Waals surface area contributed by atoms with Crippen LogP contribution < -0.4 is 5.32 Å². The highest BCUT2D eigenvalue weighted by Gasteiger charge is 2.12. The Balaban J connectivity index is 2.49. The topological polar surface area (TPSA) is 32.3 Å². The molecule has 0 saturated carbocycles. The zero-order chi connectivity index (χ0) is 15.1. The minimum atomic E-state index is -0.0708. The van der Waals surface area contributed by atoms with Gasteiger partial charge in [0.05, 0.1) is 10.6 Å². The number of unbranched alkanes of at least 4 members (excludes halogenated alkanes) is 1. The van der Waals surface area contributed by atoms with Crippen LogP contribution in [0.3, 0.4) is 0 Å². The van der Waals surface area contributed by atoms with Crippen LogP contribution in [0.25, 0.3) is 0 Å². The third-order valence-corrected chi connectivity index (χ3v) is 3.46. The molecule has 0 spiro atoms. The van der Waals surface area contributed by atoms with E-state index < -0.39 is 0 Å². The Hall–Kier alpha value is -1.22. The first-order valence-electron chi connectivity index (χ1n) is 7.17. The highest BCUT2D eigenvalue weighted by Crippen LogP contribution is 2.22. The molecule has 0 heterocycles. The molecule has 20 heavy (non-hydrogen) atoms. The molecule has 0 radical (unpaired) electrons. The maximum Gasteiger partial charge on any atom is 0.254 e. The maximum absolute atomic E-state index is 11.9. The van der Waals surface area contributed by atoms with Gasteiger partial charge >= 0.3 is 0 Å². The molecule has 0 unspecified atom stereocenters. The van der Waals surface area contributed by atoms with E-state index in [4.69, 9.17) is 11.6 Å². The van der Waals surface area contributed by atoms with Crippen molar-refractivity contribution >= 4 is 23.2 Å². The summed E-state index contributed by atoms with van der Waals surface area (Å²) in [6.45, 7) is 5.42. The number of amides is 1. The van der Waals surface area contributed by atoms with Crippen molar-refractivity contribution in [2.24, 2.45) is 5.92 Å². The third-order valence-electron chi connectivity index (χ3n) is 3.14. The summed E-state index contributed by atoms with van der Waals surface area (Å²) in [4.78, 5) is 13.4. The van der Waals surface area contributed by atoms with Gasteiger partial charge in [-0.1, -0.05) is 38.3 Å². The van der Waals surface area contributed by atoms with Crippen LogP contribution in [0.5, 0.6) is 0 Å². The van der Waals surface area contributed by atoms with E-state index >= 15 is 0 Å². The molecule has 0 aliphatic heterocycles. The summed E-state index contributed by atoms with van der Waals surface area (Å²) in [5.41, 5.74) is 1.51. The predicted molar refractivity (Wildman–Crippen MR) is 86.6 cm³/mol. The maximum atomic E-state index is 11.9. The van der Waals surface area contributed by atoms with Gasteiger partial charge < -0.3 is 10.2 Å². The van der Waals surface area contributed by atoms with Crippen LogP contribution in [0.4, 0.5) is 5.69 Å². The average molecular weight is 297 g/mol. The van der Waals surface area contributed by atoms with E-state index in [0.717, 1.165) is 24.6 Å². The fourth-order valence-corrected chi connectivity index (χ4v) is 2.21. The van der Waals surface area contributed by atoms with Crippen LogP contribution >= 0.6 is 11.6 Å². The van der Waals surface area contributed by atoms with E-state index in [2.05, 4.69) is 19.2 Å². The summed E-state index contributed by atoms with van der Waals surface area (Å²) < 4.78 is 0. The summed E-state index contributed by atoms with van der Waals surface area (Å²) in [6, 6.07) is 5.51. The average Bonchev–Trinajstić information content (AvgIpc) is 2.37.